The van der Waals surface area contributed by atoms with Crippen molar-refractivity contribution in [3.63, 3.8) is 0 Å². The fourth-order valence-electron chi connectivity index (χ4n) is 1.83. The second kappa shape index (κ2) is 8.73. The fraction of sp³-hybridized carbons (Fsp3) is 0.467. The van der Waals surface area contributed by atoms with Crippen LogP contribution in [0.15, 0.2) is 29.2 Å². The SMILES string of the molecule is CCN(CC(=O)NC(C)C)C(=O)c1ccc(SC(F)F)cc1. The first-order valence-electron chi connectivity index (χ1n) is 6.97. The molecule has 0 spiro atoms. The van der Waals surface area contributed by atoms with Crippen molar-refractivity contribution in [2.45, 2.75) is 37.5 Å². The van der Waals surface area contributed by atoms with Gasteiger partial charge >= 0.3 is 0 Å². The third-order valence-electron chi connectivity index (χ3n) is 2.78. The molecule has 1 N–H and O–H groups in total. The van der Waals surface area contributed by atoms with E-state index in [-0.39, 0.29) is 24.4 Å². The number of nitrogens with one attached hydrogen (secondary N) is 1. The molecule has 0 aliphatic heterocycles. The molecule has 0 atom stereocenters. The van der Waals surface area contributed by atoms with Crippen LogP contribution in [0, 0.1) is 0 Å². The minimum Gasteiger partial charge on any atom is -0.352 e. The zero-order valence-electron chi connectivity index (χ0n) is 12.8. The van der Waals surface area contributed by atoms with Crippen LogP contribution in [-0.2, 0) is 4.79 Å². The molecule has 0 saturated carbocycles. The van der Waals surface area contributed by atoms with Gasteiger partial charge in [-0.2, -0.15) is 8.78 Å². The van der Waals surface area contributed by atoms with Gasteiger partial charge in [0.25, 0.3) is 11.7 Å². The van der Waals surface area contributed by atoms with Crippen LogP contribution in [0.5, 0.6) is 0 Å². The molecule has 0 heterocycles. The van der Waals surface area contributed by atoms with Crippen LogP contribution >= 0.6 is 11.8 Å². The monoisotopic (exact) mass is 330 g/mol. The quantitative estimate of drug-likeness (QED) is 0.782. The molecule has 122 valence electrons. The van der Waals surface area contributed by atoms with Gasteiger partial charge in [-0.3, -0.25) is 9.59 Å². The van der Waals surface area contributed by atoms with Gasteiger partial charge < -0.3 is 10.2 Å². The van der Waals surface area contributed by atoms with Crippen molar-refractivity contribution in [1.29, 1.82) is 0 Å². The number of amides is 2. The average Bonchev–Trinajstić information content (AvgIpc) is 2.43. The van der Waals surface area contributed by atoms with Crippen LogP contribution in [0.2, 0.25) is 0 Å². The average molecular weight is 330 g/mol. The molecule has 0 aromatic heterocycles. The highest BCUT2D eigenvalue weighted by Gasteiger charge is 2.18. The molecule has 0 saturated heterocycles. The maximum Gasteiger partial charge on any atom is 0.288 e. The number of benzene rings is 1. The van der Waals surface area contributed by atoms with Gasteiger partial charge in [-0.1, -0.05) is 11.8 Å². The van der Waals surface area contributed by atoms with Gasteiger partial charge in [0.1, 0.15) is 0 Å². The third-order valence-corrected chi connectivity index (χ3v) is 3.50. The number of carbonyl (C=O) groups excluding carboxylic acids is 2. The Kier molecular flexibility index (Phi) is 7.31. The van der Waals surface area contributed by atoms with Crippen LogP contribution in [0.1, 0.15) is 31.1 Å². The molecule has 0 aliphatic rings. The molecule has 22 heavy (non-hydrogen) atoms. The van der Waals surface area contributed by atoms with Gasteiger partial charge in [0.05, 0.1) is 6.54 Å². The summed E-state index contributed by atoms with van der Waals surface area (Å²) in [6, 6.07) is 5.96. The summed E-state index contributed by atoms with van der Waals surface area (Å²) in [4.78, 5) is 25.9. The summed E-state index contributed by atoms with van der Waals surface area (Å²) in [5.41, 5.74) is 0.373. The van der Waals surface area contributed by atoms with Crippen molar-refractivity contribution < 1.29 is 18.4 Å². The van der Waals surface area contributed by atoms with E-state index in [2.05, 4.69) is 5.32 Å². The van der Waals surface area contributed by atoms with Crippen molar-refractivity contribution in [2.75, 3.05) is 13.1 Å². The van der Waals surface area contributed by atoms with Crippen molar-refractivity contribution in [1.82, 2.24) is 10.2 Å². The molecule has 0 aliphatic carbocycles. The molecule has 1 rings (SSSR count). The minimum absolute atomic E-state index is 0.00645. The Balaban J connectivity index is 2.72. The van der Waals surface area contributed by atoms with Crippen molar-refractivity contribution in [2.24, 2.45) is 0 Å². The lowest BCUT2D eigenvalue weighted by Gasteiger charge is -2.21. The van der Waals surface area contributed by atoms with E-state index in [0.717, 1.165) is 0 Å². The van der Waals surface area contributed by atoms with Gasteiger partial charge in [0.2, 0.25) is 5.91 Å². The summed E-state index contributed by atoms with van der Waals surface area (Å²) in [5.74, 6) is -3.02. The number of hydrogen-bond acceptors (Lipinski definition) is 3. The number of thioether (sulfide) groups is 1. The van der Waals surface area contributed by atoms with Crippen LogP contribution in [0.4, 0.5) is 8.78 Å². The van der Waals surface area contributed by atoms with Gasteiger partial charge in [-0.25, -0.2) is 0 Å². The molecule has 2 amide bonds. The molecule has 1 aromatic rings. The van der Waals surface area contributed by atoms with Crippen molar-refractivity contribution in [3.05, 3.63) is 29.8 Å². The van der Waals surface area contributed by atoms with Crippen LogP contribution in [0.25, 0.3) is 0 Å². The second-order valence-corrected chi connectivity index (χ2v) is 6.01. The summed E-state index contributed by atoms with van der Waals surface area (Å²) < 4.78 is 24.5. The first-order valence-corrected chi connectivity index (χ1v) is 7.85. The van der Waals surface area contributed by atoms with Gasteiger partial charge in [0.15, 0.2) is 0 Å². The largest absolute Gasteiger partial charge is 0.352 e. The maximum absolute atomic E-state index is 12.3. The lowest BCUT2D eigenvalue weighted by atomic mass is 10.2. The number of alkyl halides is 2. The zero-order chi connectivity index (χ0) is 16.7. The van der Waals surface area contributed by atoms with Crippen LogP contribution < -0.4 is 5.32 Å². The molecule has 1 aromatic carbocycles. The highest BCUT2D eigenvalue weighted by atomic mass is 32.2. The topological polar surface area (TPSA) is 49.4 Å². The second-order valence-electron chi connectivity index (χ2n) is 4.94. The minimum atomic E-state index is -2.49. The Bertz CT molecular complexity index is 507. The number of likely N-dealkylation sites (N-methyl/N-ethyl adjacent to an activating group) is 1. The van der Waals surface area contributed by atoms with E-state index in [4.69, 9.17) is 0 Å². The first kappa shape index (κ1) is 18.4. The molecular formula is C15H20F2N2O2S. The Morgan fingerprint density at radius 2 is 1.82 bits per heavy atom. The predicted octanol–water partition coefficient (Wildman–Crippen LogP) is 2.99. The molecule has 4 nitrogen and oxygen atoms in total. The maximum atomic E-state index is 12.3. The van der Waals surface area contributed by atoms with E-state index < -0.39 is 5.76 Å². The number of nitrogens with zero attached hydrogens (tertiary/aromatic N) is 1. The molecule has 0 radical (unpaired) electrons. The molecule has 7 heteroatoms. The Labute approximate surface area is 133 Å². The number of hydrogen-bond donors (Lipinski definition) is 1. The van der Waals surface area contributed by atoms with E-state index in [1.54, 1.807) is 6.92 Å². The van der Waals surface area contributed by atoms with Crippen molar-refractivity contribution in [3.8, 4) is 0 Å². The summed E-state index contributed by atoms with van der Waals surface area (Å²) in [7, 11) is 0. The highest BCUT2D eigenvalue weighted by Crippen LogP contribution is 2.25. The van der Waals surface area contributed by atoms with E-state index >= 15 is 0 Å². The molecule has 0 fully saturated rings. The van der Waals surface area contributed by atoms with Crippen LogP contribution in [0.3, 0.4) is 0 Å². The molecular weight excluding hydrogens is 310 g/mol. The normalized spacial score (nSPS) is 10.9. The molecule has 0 bridgehead atoms. The first-order chi connectivity index (χ1) is 10.3. The summed E-state index contributed by atoms with van der Waals surface area (Å²) >= 11 is 0.428. The summed E-state index contributed by atoms with van der Waals surface area (Å²) in [5, 5.41) is 2.73. The standard InChI is InChI=1S/C15H20F2N2O2S/c1-4-19(9-13(20)18-10(2)3)14(21)11-5-7-12(8-6-11)22-15(16)17/h5-8,10,15H,4,9H2,1-3H3,(H,18,20). The van der Waals surface area contributed by atoms with Gasteiger partial charge in [-0.15, -0.1) is 0 Å². The highest BCUT2D eigenvalue weighted by molar-refractivity contribution is 7.99. The summed E-state index contributed by atoms with van der Waals surface area (Å²) in [6.07, 6.45) is 0. The van der Waals surface area contributed by atoms with Crippen LogP contribution in [-0.4, -0.2) is 41.6 Å². The van der Waals surface area contributed by atoms with E-state index in [1.165, 1.54) is 29.2 Å². The van der Waals surface area contributed by atoms with Gasteiger partial charge in [0, 0.05) is 23.0 Å². The van der Waals surface area contributed by atoms with Gasteiger partial charge in [-0.05, 0) is 45.0 Å². The zero-order valence-corrected chi connectivity index (χ0v) is 13.6. The van der Waals surface area contributed by atoms with Crippen molar-refractivity contribution >= 4 is 23.6 Å². The van der Waals surface area contributed by atoms with E-state index in [1.807, 2.05) is 13.8 Å². The number of halogens is 2. The number of rotatable bonds is 7. The smallest absolute Gasteiger partial charge is 0.288 e. The lowest BCUT2D eigenvalue weighted by molar-refractivity contribution is -0.122. The van der Waals surface area contributed by atoms with E-state index in [0.29, 0.717) is 28.8 Å². The van der Waals surface area contributed by atoms with E-state index in [9.17, 15) is 18.4 Å². The predicted molar refractivity (Wildman–Crippen MR) is 83.2 cm³/mol. The Morgan fingerprint density at radius 1 is 1.23 bits per heavy atom. The summed E-state index contributed by atoms with van der Waals surface area (Å²) in [6.45, 7) is 5.82. The Hall–Kier alpha value is -1.63. The Morgan fingerprint density at radius 3 is 2.27 bits per heavy atom. The number of carbonyl (C=O) groups is 2. The third kappa shape index (κ3) is 6.01. The lowest BCUT2D eigenvalue weighted by Crippen LogP contribution is -2.42. The fourth-order valence-corrected chi connectivity index (χ4v) is 2.33. The molecule has 0 unspecified atom stereocenters.